The van der Waals surface area contributed by atoms with Gasteiger partial charge in [0.15, 0.2) is 9.84 Å². The smallest absolute Gasteiger partial charge is 0.156 e. The molecule has 1 N–H and O–H groups in total. The highest BCUT2D eigenvalue weighted by atomic mass is 32.2. The van der Waals surface area contributed by atoms with Crippen LogP contribution in [0.5, 0.6) is 0 Å². The van der Waals surface area contributed by atoms with Gasteiger partial charge in [-0.3, -0.25) is 0 Å². The van der Waals surface area contributed by atoms with Crippen LogP contribution in [-0.4, -0.2) is 29.9 Å². The predicted octanol–water partition coefficient (Wildman–Crippen LogP) is 2.34. The molecule has 1 heterocycles. The Balaban J connectivity index is 2.65. The van der Waals surface area contributed by atoms with Gasteiger partial charge in [0.2, 0.25) is 0 Å². The lowest BCUT2D eigenvalue weighted by Gasteiger charge is -2.16. The van der Waals surface area contributed by atoms with E-state index >= 15 is 0 Å². The molecule has 0 atom stereocenters. The third-order valence-electron chi connectivity index (χ3n) is 2.46. The molecule has 104 valence electrons. The molecule has 0 saturated heterocycles. The molecular formula is C12H21NO3S2. The molecule has 0 aromatic carbocycles. The lowest BCUT2D eigenvalue weighted by Crippen LogP contribution is -2.24. The van der Waals surface area contributed by atoms with Crippen LogP contribution in [0.25, 0.3) is 0 Å². The Labute approximate surface area is 113 Å². The zero-order valence-corrected chi connectivity index (χ0v) is 12.9. The first kappa shape index (κ1) is 15.6. The molecule has 6 heteroatoms. The summed E-state index contributed by atoms with van der Waals surface area (Å²) in [6, 6.07) is 0. The second kappa shape index (κ2) is 5.67. The average molecular weight is 291 g/mol. The molecule has 0 aliphatic rings. The van der Waals surface area contributed by atoms with E-state index in [4.69, 9.17) is 0 Å². The van der Waals surface area contributed by atoms with E-state index in [1.807, 2.05) is 13.8 Å². The molecule has 1 rings (SSSR count). The van der Waals surface area contributed by atoms with Crippen LogP contribution < -0.4 is 0 Å². The van der Waals surface area contributed by atoms with Gasteiger partial charge in [-0.1, -0.05) is 13.8 Å². The fraction of sp³-hybridized carbons (Fsp3) is 0.750. The normalized spacial score (nSPS) is 13.2. The Kier molecular flexibility index (Phi) is 4.91. The highest BCUT2D eigenvalue weighted by Crippen LogP contribution is 2.21. The molecule has 0 aliphatic carbocycles. The first-order valence-corrected chi connectivity index (χ1v) is 8.66. The zero-order chi connectivity index (χ0) is 14.0. The number of aliphatic hydroxyl groups is 1. The summed E-state index contributed by atoms with van der Waals surface area (Å²) in [5, 5.41) is 12.3. The van der Waals surface area contributed by atoms with Crippen molar-refractivity contribution >= 4 is 21.2 Å². The summed E-state index contributed by atoms with van der Waals surface area (Å²) in [5.74, 6) is 0.278. The third kappa shape index (κ3) is 5.46. The summed E-state index contributed by atoms with van der Waals surface area (Å²) >= 11 is 1.50. The van der Waals surface area contributed by atoms with E-state index in [-0.39, 0.29) is 17.9 Å². The summed E-state index contributed by atoms with van der Waals surface area (Å²) in [6.07, 6.45) is 0.247. The first-order valence-electron chi connectivity index (χ1n) is 5.96. The first-order chi connectivity index (χ1) is 8.09. The third-order valence-corrected chi connectivity index (χ3v) is 5.21. The van der Waals surface area contributed by atoms with E-state index in [9.17, 15) is 13.5 Å². The minimum absolute atomic E-state index is 0.00889. The quantitative estimate of drug-likeness (QED) is 0.873. The van der Waals surface area contributed by atoms with Gasteiger partial charge in [-0.15, -0.1) is 11.3 Å². The van der Waals surface area contributed by atoms with Gasteiger partial charge >= 0.3 is 0 Å². The molecule has 0 spiro atoms. The van der Waals surface area contributed by atoms with Crippen LogP contribution in [0.4, 0.5) is 0 Å². The van der Waals surface area contributed by atoms with Gasteiger partial charge in [-0.25, -0.2) is 13.4 Å². The Morgan fingerprint density at radius 2 is 2.06 bits per heavy atom. The van der Waals surface area contributed by atoms with Crippen molar-refractivity contribution < 1.29 is 13.5 Å². The van der Waals surface area contributed by atoms with Crippen LogP contribution in [0.3, 0.4) is 0 Å². The van der Waals surface area contributed by atoms with E-state index < -0.39 is 15.4 Å². The van der Waals surface area contributed by atoms with Crippen molar-refractivity contribution in [2.24, 2.45) is 0 Å². The van der Waals surface area contributed by atoms with Crippen LogP contribution in [0.2, 0.25) is 0 Å². The van der Waals surface area contributed by atoms with Crippen LogP contribution in [0, 0.1) is 0 Å². The maximum atomic E-state index is 11.9. The number of hydrogen-bond donors (Lipinski definition) is 1. The van der Waals surface area contributed by atoms with Crippen molar-refractivity contribution in [2.75, 3.05) is 5.75 Å². The molecule has 0 bridgehead atoms. The topological polar surface area (TPSA) is 67.3 Å². The van der Waals surface area contributed by atoms with Crippen molar-refractivity contribution in [3.8, 4) is 0 Å². The molecule has 0 saturated carbocycles. The maximum absolute atomic E-state index is 11.9. The van der Waals surface area contributed by atoms with Gasteiger partial charge in [0.25, 0.3) is 0 Å². The monoisotopic (exact) mass is 291 g/mol. The molecule has 18 heavy (non-hydrogen) atoms. The summed E-state index contributed by atoms with van der Waals surface area (Å²) in [5.41, 5.74) is -0.336. The number of nitrogens with zero attached hydrogens (tertiary/aromatic N) is 1. The Morgan fingerprint density at radius 3 is 2.50 bits per heavy atom. The van der Waals surface area contributed by atoms with Gasteiger partial charge in [-0.2, -0.15) is 0 Å². The fourth-order valence-electron chi connectivity index (χ4n) is 1.36. The second-order valence-corrected chi connectivity index (χ2v) is 8.56. The fourth-order valence-corrected chi connectivity index (χ4v) is 3.85. The van der Waals surface area contributed by atoms with E-state index in [0.717, 1.165) is 5.01 Å². The molecule has 0 aliphatic heterocycles. The van der Waals surface area contributed by atoms with E-state index in [1.54, 1.807) is 19.2 Å². The van der Waals surface area contributed by atoms with Gasteiger partial charge in [0, 0.05) is 11.3 Å². The second-order valence-electron chi connectivity index (χ2n) is 5.49. The average Bonchev–Trinajstić information content (AvgIpc) is 2.62. The van der Waals surface area contributed by atoms with Gasteiger partial charge in [0.05, 0.1) is 27.8 Å². The molecule has 4 nitrogen and oxygen atoms in total. The molecule has 0 fully saturated rings. The molecule has 0 unspecified atom stereocenters. The molecule has 1 aromatic heterocycles. The van der Waals surface area contributed by atoms with E-state index in [1.165, 1.54) is 11.3 Å². The van der Waals surface area contributed by atoms with Gasteiger partial charge in [-0.05, 0) is 20.3 Å². The summed E-state index contributed by atoms with van der Waals surface area (Å²) in [6.45, 7) is 7.29. The number of sulfone groups is 1. The van der Waals surface area contributed by atoms with Gasteiger partial charge < -0.3 is 5.11 Å². The van der Waals surface area contributed by atoms with E-state index in [0.29, 0.717) is 11.6 Å². The SMILES string of the molecule is CC(C)c1nc(CS(=O)(=O)CCC(C)(C)O)cs1. The lowest BCUT2D eigenvalue weighted by molar-refractivity contribution is 0.0772. The maximum Gasteiger partial charge on any atom is 0.156 e. The summed E-state index contributed by atoms with van der Waals surface area (Å²) < 4.78 is 23.8. The zero-order valence-electron chi connectivity index (χ0n) is 11.3. The highest BCUT2D eigenvalue weighted by Gasteiger charge is 2.20. The van der Waals surface area contributed by atoms with Crippen molar-refractivity contribution in [2.45, 2.75) is 51.4 Å². The minimum Gasteiger partial charge on any atom is -0.390 e. The van der Waals surface area contributed by atoms with Crippen LogP contribution in [0.15, 0.2) is 5.38 Å². The summed E-state index contributed by atoms with van der Waals surface area (Å²) in [4.78, 5) is 4.32. The standard InChI is InChI=1S/C12H21NO3S2/c1-9(2)11-13-10(7-17-11)8-18(15,16)6-5-12(3,4)14/h7,9,14H,5-6,8H2,1-4H3. The molecule has 0 radical (unpaired) electrons. The Bertz CT molecular complexity index is 484. The lowest BCUT2D eigenvalue weighted by atomic mass is 10.1. The predicted molar refractivity (Wildman–Crippen MR) is 74.6 cm³/mol. The largest absolute Gasteiger partial charge is 0.390 e. The van der Waals surface area contributed by atoms with Crippen molar-refractivity contribution in [1.29, 1.82) is 0 Å². The van der Waals surface area contributed by atoms with Gasteiger partial charge in [0.1, 0.15) is 0 Å². The number of rotatable bonds is 6. The molecule has 0 amide bonds. The van der Waals surface area contributed by atoms with Crippen molar-refractivity contribution in [3.63, 3.8) is 0 Å². The molecular weight excluding hydrogens is 270 g/mol. The highest BCUT2D eigenvalue weighted by molar-refractivity contribution is 7.90. The van der Waals surface area contributed by atoms with Crippen molar-refractivity contribution in [3.05, 3.63) is 16.1 Å². The van der Waals surface area contributed by atoms with Crippen LogP contribution in [-0.2, 0) is 15.6 Å². The van der Waals surface area contributed by atoms with Crippen LogP contribution in [0.1, 0.15) is 50.7 Å². The number of thiazole rings is 1. The minimum atomic E-state index is -3.20. The summed E-state index contributed by atoms with van der Waals surface area (Å²) in [7, 11) is -3.20. The van der Waals surface area contributed by atoms with Crippen molar-refractivity contribution in [1.82, 2.24) is 4.98 Å². The number of aromatic nitrogens is 1. The number of hydrogen-bond acceptors (Lipinski definition) is 5. The van der Waals surface area contributed by atoms with Crippen LogP contribution >= 0.6 is 11.3 Å². The Morgan fingerprint density at radius 1 is 1.44 bits per heavy atom. The Hall–Kier alpha value is -0.460. The molecule has 1 aromatic rings. The van der Waals surface area contributed by atoms with E-state index in [2.05, 4.69) is 4.98 Å².